The van der Waals surface area contributed by atoms with Crippen molar-refractivity contribution in [1.29, 1.82) is 0 Å². The molecule has 2 amide bonds. The number of aryl methyl sites for hydroxylation is 2. The lowest BCUT2D eigenvalue weighted by molar-refractivity contribution is -0.140. The molecular formula is C31H38ClN3O4S. The average molecular weight is 584 g/mol. The highest BCUT2D eigenvalue weighted by Gasteiger charge is 2.34. The van der Waals surface area contributed by atoms with Gasteiger partial charge in [0.2, 0.25) is 11.8 Å². The highest BCUT2D eigenvalue weighted by Crippen LogP contribution is 2.29. The highest BCUT2D eigenvalue weighted by molar-refractivity contribution is 7.92. The summed E-state index contributed by atoms with van der Waals surface area (Å²) in [6.07, 6.45) is 1.11. The molecule has 0 aliphatic carbocycles. The first kappa shape index (κ1) is 31.2. The van der Waals surface area contributed by atoms with Crippen LogP contribution in [-0.4, -0.2) is 43.8 Å². The second-order valence-electron chi connectivity index (χ2n) is 10.0. The molecule has 3 aromatic carbocycles. The Labute approximate surface area is 243 Å². The van der Waals surface area contributed by atoms with Gasteiger partial charge in [0.25, 0.3) is 10.0 Å². The van der Waals surface area contributed by atoms with Crippen molar-refractivity contribution >= 4 is 39.1 Å². The lowest BCUT2D eigenvalue weighted by Crippen LogP contribution is -2.53. The Morgan fingerprint density at radius 1 is 0.925 bits per heavy atom. The number of hydrogen-bond acceptors (Lipinski definition) is 4. The molecule has 0 unspecified atom stereocenters. The van der Waals surface area contributed by atoms with Crippen molar-refractivity contribution in [1.82, 2.24) is 10.2 Å². The van der Waals surface area contributed by atoms with Gasteiger partial charge in [-0.25, -0.2) is 8.42 Å². The number of rotatable bonds is 12. The van der Waals surface area contributed by atoms with Gasteiger partial charge in [-0.2, -0.15) is 0 Å². The van der Waals surface area contributed by atoms with Crippen LogP contribution in [0.1, 0.15) is 50.3 Å². The van der Waals surface area contributed by atoms with Gasteiger partial charge in [0, 0.05) is 17.6 Å². The molecule has 3 rings (SSSR count). The number of halogens is 1. The Balaban J connectivity index is 2.08. The molecule has 0 radical (unpaired) electrons. The molecule has 0 saturated carbocycles. The summed E-state index contributed by atoms with van der Waals surface area (Å²) in [6, 6.07) is 19.9. The molecule has 0 heterocycles. The van der Waals surface area contributed by atoms with E-state index in [2.05, 4.69) is 5.32 Å². The fourth-order valence-electron chi connectivity index (χ4n) is 4.39. The Hall–Kier alpha value is -3.36. The summed E-state index contributed by atoms with van der Waals surface area (Å²) in [4.78, 5) is 29.0. The fourth-order valence-corrected chi connectivity index (χ4v) is 6.10. The van der Waals surface area contributed by atoms with E-state index in [0.717, 1.165) is 21.9 Å². The minimum atomic E-state index is -4.14. The number of carbonyl (C=O) groups excluding carboxylic acids is 2. The van der Waals surface area contributed by atoms with E-state index in [1.807, 2.05) is 58.0 Å². The lowest BCUT2D eigenvalue weighted by Gasteiger charge is -2.34. The summed E-state index contributed by atoms with van der Waals surface area (Å²) in [5, 5.41) is 3.44. The number of sulfonamides is 1. The van der Waals surface area contributed by atoms with Crippen molar-refractivity contribution in [3.05, 3.63) is 94.5 Å². The molecule has 0 aromatic heterocycles. The first-order valence-electron chi connectivity index (χ1n) is 13.5. The van der Waals surface area contributed by atoms with E-state index < -0.39 is 28.5 Å². The van der Waals surface area contributed by atoms with Crippen molar-refractivity contribution in [2.75, 3.05) is 10.8 Å². The number of benzene rings is 3. The minimum absolute atomic E-state index is 0.0645. The van der Waals surface area contributed by atoms with Gasteiger partial charge in [0.05, 0.1) is 10.6 Å². The average Bonchev–Trinajstić information content (AvgIpc) is 2.92. The number of amides is 2. The molecule has 40 heavy (non-hydrogen) atoms. The van der Waals surface area contributed by atoms with Crippen LogP contribution in [0.2, 0.25) is 5.02 Å². The zero-order valence-electron chi connectivity index (χ0n) is 23.7. The molecule has 2 atom stereocenters. The summed E-state index contributed by atoms with van der Waals surface area (Å²) in [6.45, 7) is 9.02. The monoisotopic (exact) mass is 583 g/mol. The van der Waals surface area contributed by atoms with Crippen molar-refractivity contribution in [3.8, 4) is 0 Å². The maximum atomic E-state index is 14.1. The number of nitrogens with one attached hydrogen (secondary N) is 1. The van der Waals surface area contributed by atoms with Crippen LogP contribution in [0.25, 0.3) is 0 Å². The van der Waals surface area contributed by atoms with Crippen molar-refractivity contribution in [2.45, 2.75) is 71.0 Å². The van der Waals surface area contributed by atoms with Gasteiger partial charge in [-0.3, -0.25) is 13.9 Å². The summed E-state index contributed by atoms with van der Waals surface area (Å²) in [5.41, 5.74) is 2.69. The summed E-state index contributed by atoms with van der Waals surface area (Å²) in [5.74, 6) is -0.753. The largest absolute Gasteiger partial charge is 0.352 e. The van der Waals surface area contributed by atoms with Crippen LogP contribution in [-0.2, 0) is 26.2 Å². The van der Waals surface area contributed by atoms with E-state index in [0.29, 0.717) is 22.7 Å². The zero-order valence-corrected chi connectivity index (χ0v) is 25.3. The summed E-state index contributed by atoms with van der Waals surface area (Å²) >= 11 is 6.18. The van der Waals surface area contributed by atoms with Crippen LogP contribution in [0, 0.1) is 13.8 Å². The Bertz CT molecular complexity index is 1410. The smallest absolute Gasteiger partial charge is 0.264 e. The van der Waals surface area contributed by atoms with Gasteiger partial charge >= 0.3 is 0 Å². The number of hydrogen-bond donors (Lipinski definition) is 1. The quantitative estimate of drug-likeness (QED) is 0.289. The first-order chi connectivity index (χ1) is 19.0. The SMILES string of the molecule is CC[C@H](C(=O)N[C@@H](C)CC)N(Cc1ccccc1)C(=O)CN(c1ccc(Cl)cc1C)S(=O)(=O)c1ccc(C)cc1. The van der Waals surface area contributed by atoms with E-state index in [1.54, 1.807) is 37.3 Å². The third-order valence-corrected chi connectivity index (χ3v) is 8.91. The van der Waals surface area contributed by atoms with Gasteiger partial charge in [0.1, 0.15) is 12.6 Å². The zero-order chi connectivity index (χ0) is 29.4. The number of nitrogens with zero attached hydrogens (tertiary/aromatic N) is 2. The maximum Gasteiger partial charge on any atom is 0.264 e. The summed E-state index contributed by atoms with van der Waals surface area (Å²) < 4.78 is 29.1. The standard InChI is InChI=1S/C31H38ClN3O4S/c1-6-24(5)33-31(37)28(7-2)34(20-25-11-9-8-10-12-25)30(36)21-35(29-18-15-26(32)19-23(29)4)40(38,39)27-16-13-22(3)14-17-27/h8-19,24,28H,6-7,20-21H2,1-5H3,(H,33,37)/t24-,28+/m0/s1. The molecule has 3 aromatic rings. The normalized spacial score (nSPS) is 12.8. The molecule has 0 fully saturated rings. The van der Waals surface area contributed by atoms with Gasteiger partial charge in [-0.05, 0) is 75.1 Å². The molecule has 0 aliphatic rings. The number of anilines is 1. The van der Waals surface area contributed by atoms with Gasteiger partial charge in [-0.1, -0.05) is 73.5 Å². The van der Waals surface area contributed by atoms with Gasteiger partial charge in [-0.15, -0.1) is 0 Å². The fraction of sp³-hybridized carbons (Fsp3) is 0.355. The van der Waals surface area contributed by atoms with Crippen molar-refractivity contribution in [2.24, 2.45) is 0 Å². The predicted molar refractivity (Wildman–Crippen MR) is 161 cm³/mol. The van der Waals surface area contributed by atoms with Gasteiger partial charge in [0.15, 0.2) is 0 Å². The molecule has 0 aliphatic heterocycles. The van der Waals surface area contributed by atoms with Crippen molar-refractivity contribution < 1.29 is 18.0 Å². The predicted octanol–water partition coefficient (Wildman–Crippen LogP) is 5.87. The molecule has 9 heteroatoms. The van der Waals surface area contributed by atoms with E-state index in [9.17, 15) is 18.0 Å². The van der Waals surface area contributed by atoms with Crippen LogP contribution in [0.15, 0.2) is 77.7 Å². The van der Waals surface area contributed by atoms with E-state index in [1.165, 1.54) is 17.0 Å². The molecule has 7 nitrogen and oxygen atoms in total. The van der Waals surface area contributed by atoms with E-state index in [4.69, 9.17) is 11.6 Å². The van der Waals surface area contributed by atoms with E-state index >= 15 is 0 Å². The van der Waals surface area contributed by atoms with Crippen LogP contribution in [0.3, 0.4) is 0 Å². The highest BCUT2D eigenvalue weighted by atomic mass is 35.5. The van der Waals surface area contributed by atoms with Crippen molar-refractivity contribution in [3.63, 3.8) is 0 Å². The molecule has 214 valence electrons. The second kappa shape index (κ2) is 13.8. The van der Waals surface area contributed by atoms with Gasteiger partial charge < -0.3 is 10.2 Å². The Morgan fingerprint density at radius 2 is 1.57 bits per heavy atom. The summed E-state index contributed by atoms with van der Waals surface area (Å²) in [7, 11) is -4.14. The third-order valence-electron chi connectivity index (χ3n) is 6.90. The minimum Gasteiger partial charge on any atom is -0.352 e. The Kier molecular flexibility index (Phi) is 10.8. The Morgan fingerprint density at radius 3 is 2.15 bits per heavy atom. The second-order valence-corrected chi connectivity index (χ2v) is 12.3. The van der Waals surface area contributed by atoms with Crippen LogP contribution < -0.4 is 9.62 Å². The van der Waals surface area contributed by atoms with Crippen LogP contribution in [0.4, 0.5) is 5.69 Å². The third kappa shape index (κ3) is 7.64. The molecule has 0 saturated heterocycles. The lowest BCUT2D eigenvalue weighted by atomic mass is 10.1. The first-order valence-corrected chi connectivity index (χ1v) is 15.3. The van der Waals surface area contributed by atoms with E-state index in [-0.39, 0.29) is 23.4 Å². The van der Waals surface area contributed by atoms with Crippen LogP contribution >= 0.6 is 11.6 Å². The van der Waals surface area contributed by atoms with Crippen LogP contribution in [0.5, 0.6) is 0 Å². The molecule has 0 bridgehead atoms. The maximum absolute atomic E-state index is 14.1. The molecule has 1 N–H and O–H groups in total. The topological polar surface area (TPSA) is 86.8 Å². The number of carbonyl (C=O) groups is 2. The molecule has 0 spiro atoms. The molecular weight excluding hydrogens is 546 g/mol.